The summed E-state index contributed by atoms with van der Waals surface area (Å²) in [6, 6.07) is 3.28. The van der Waals surface area contributed by atoms with Crippen LogP contribution in [0.2, 0.25) is 0 Å². The van der Waals surface area contributed by atoms with Gasteiger partial charge in [0.2, 0.25) is 5.91 Å². The maximum Gasteiger partial charge on any atom is 0.354 e. The fourth-order valence-electron chi connectivity index (χ4n) is 1.43. The van der Waals surface area contributed by atoms with E-state index < -0.39 is 5.97 Å². The van der Waals surface area contributed by atoms with Crippen molar-refractivity contribution in [2.24, 2.45) is 0 Å². The number of pyridine rings is 1. The first kappa shape index (κ1) is 14.9. The molecule has 0 aliphatic rings. The summed E-state index contributed by atoms with van der Waals surface area (Å²) < 4.78 is 0. The first-order valence-corrected chi connectivity index (χ1v) is 6.25. The lowest BCUT2D eigenvalue weighted by Gasteiger charge is -2.12. The highest BCUT2D eigenvalue weighted by molar-refractivity contribution is 5.86. The third-order valence-electron chi connectivity index (χ3n) is 2.68. The fourth-order valence-corrected chi connectivity index (χ4v) is 1.43. The molecule has 0 bridgehead atoms. The van der Waals surface area contributed by atoms with Crippen LogP contribution in [0.4, 0.5) is 5.69 Å². The number of nitrogens with zero attached hydrogens (tertiary/aromatic N) is 1. The number of amides is 1. The summed E-state index contributed by atoms with van der Waals surface area (Å²) in [5.41, 5.74) is 0.623. The second-order valence-corrected chi connectivity index (χ2v) is 4.29. The van der Waals surface area contributed by atoms with Gasteiger partial charge in [-0.25, -0.2) is 9.78 Å². The Morgan fingerprint density at radius 1 is 1.47 bits per heavy atom. The van der Waals surface area contributed by atoms with E-state index in [2.05, 4.69) is 15.6 Å². The molecule has 0 radical (unpaired) electrons. The lowest BCUT2D eigenvalue weighted by Crippen LogP contribution is -2.32. The van der Waals surface area contributed by atoms with Crippen LogP contribution in [0.3, 0.4) is 0 Å². The Kier molecular flexibility index (Phi) is 5.78. The second-order valence-electron chi connectivity index (χ2n) is 4.29. The van der Waals surface area contributed by atoms with Gasteiger partial charge in [-0.15, -0.1) is 0 Å². The van der Waals surface area contributed by atoms with E-state index in [0.717, 1.165) is 6.42 Å². The Labute approximate surface area is 112 Å². The summed E-state index contributed by atoms with van der Waals surface area (Å²) in [7, 11) is 0. The Bertz CT molecular complexity index is 449. The number of carbonyl (C=O) groups excluding carboxylic acids is 1. The van der Waals surface area contributed by atoms with Crippen LogP contribution >= 0.6 is 0 Å². The molecule has 19 heavy (non-hydrogen) atoms. The lowest BCUT2D eigenvalue weighted by atomic mass is 10.2. The molecule has 6 heteroatoms. The van der Waals surface area contributed by atoms with Gasteiger partial charge in [0.25, 0.3) is 0 Å². The van der Waals surface area contributed by atoms with Gasteiger partial charge < -0.3 is 15.7 Å². The Morgan fingerprint density at radius 2 is 2.21 bits per heavy atom. The molecule has 6 nitrogen and oxygen atoms in total. The maximum absolute atomic E-state index is 11.5. The molecule has 3 N–H and O–H groups in total. The van der Waals surface area contributed by atoms with Crippen molar-refractivity contribution in [3.8, 4) is 0 Å². The van der Waals surface area contributed by atoms with Gasteiger partial charge in [0.05, 0.1) is 0 Å². The lowest BCUT2D eigenvalue weighted by molar-refractivity contribution is -0.121. The van der Waals surface area contributed by atoms with Crippen molar-refractivity contribution >= 4 is 17.6 Å². The SMILES string of the molecule is CCC(C)NC(=O)CCNc1ccnc(C(=O)O)c1. The average Bonchev–Trinajstić information content (AvgIpc) is 2.38. The number of rotatable bonds is 7. The zero-order chi connectivity index (χ0) is 14.3. The number of aromatic carboxylic acids is 1. The van der Waals surface area contributed by atoms with Crippen LogP contribution < -0.4 is 10.6 Å². The maximum atomic E-state index is 11.5. The number of hydrogen-bond donors (Lipinski definition) is 3. The van der Waals surface area contributed by atoms with E-state index in [1.165, 1.54) is 12.3 Å². The molecular weight excluding hydrogens is 246 g/mol. The van der Waals surface area contributed by atoms with E-state index in [-0.39, 0.29) is 17.6 Å². The highest BCUT2D eigenvalue weighted by Crippen LogP contribution is 2.07. The topological polar surface area (TPSA) is 91.3 Å². The second kappa shape index (κ2) is 7.35. The van der Waals surface area contributed by atoms with Crippen molar-refractivity contribution in [1.82, 2.24) is 10.3 Å². The van der Waals surface area contributed by atoms with E-state index in [0.29, 0.717) is 18.7 Å². The minimum Gasteiger partial charge on any atom is -0.477 e. The standard InChI is InChI=1S/C13H19N3O3/c1-3-9(2)16-12(17)5-7-14-10-4-6-15-11(8-10)13(18)19/h4,6,8-9H,3,5,7H2,1-2H3,(H,14,15)(H,16,17)(H,18,19). The molecule has 1 aromatic heterocycles. The number of nitrogens with one attached hydrogen (secondary N) is 2. The van der Waals surface area contributed by atoms with Crippen molar-refractivity contribution in [2.45, 2.75) is 32.7 Å². The van der Waals surface area contributed by atoms with Crippen molar-refractivity contribution in [2.75, 3.05) is 11.9 Å². The van der Waals surface area contributed by atoms with Gasteiger partial charge in [-0.1, -0.05) is 6.92 Å². The third kappa shape index (κ3) is 5.37. The first-order chi connectivity index (χ1) is 9.02. The van der Waals surface area contributed by atoms with Gasteiger partial charge >= 0.3 is 5.97 Å². The van der Waals surface area contributed by atoms with E-state index in [9.17, 15) is 9.59 Å². The summed E-state index contributed by atoms with van der Waals surface area (Å²) in [6.07, 6.45) is 2.66. The Morgan fingerprint density at radius 3 is 2.84 bits per heavy atom. The average molecular weight is 265 g/mol. The molecule has 1 rings (SSSR count). The predicted octanol–water partition coefficient (Wildman–Crippen LogP) is 1.50. The number of carbonyl (C=O) groups is 2. The van der Waals surface area contributed by atoms with Crippen LogP contribution in [-0.2, 0) is 4.79 Å². The van der Waals surface area contributed by atoms with E-state index in [1.54, 1.807) is 6.07 Å². The molecule has 1 heterocycles. The molecule has 1 amide bonds. The van der Waals surface area contributed by atoms with E-state index in [4.69, 9.17) is 5.11 Å². The quantitative estimate of drug-likeness (QED) is 0.695. The molecule has 1 aromatic rings. The van der Waals surface area contributed by atoms with Crippen molar-refractivity contribution in [3.05, 3.63) is 24.0 Å². The van der Waals surface area contributed by atoms with Gasteiger partial charge in [0.15, 0.2) is 0 Å². The summed E-state index contributed by atoms with van der Waals surface area (Å²) in [5, 5.41) is 14.7. The zero-order valence-corrected chi connectivity index (χ0v) is 11.1. The van der Waals surface area contributed by atoms with E-state index in [1.807, 2.05) is 13.8 Å². The number of anilines is 1. The third-order valence-corrected chi connectivity index (χ3v) is 2.68. The molecule has 0 fully saturated rings. The molecule has 0 aromatic carbocycles. The van der Waals surface area contributed by atoms with Crippen LogP contribution in [0, 0.1) is 0 Å². The molecule has 0 aliphatic carbocycles. The molecular formula is C13H19N3O3. The van der Waals surface area contributed by atoms with Gasteiger partial charge in [-0.3, -0.25) is 4.79 Å². The predicted molar refractivity (Wildman–Crippen MR) is 72.2 cm³/mol. The van der Waals surface area contributed by atoms with Crippen LogP contribution in [0.25, 0.3) is 0 Å². The monoisotopic (exact) mass is 265 g/mol. The minimum atomic E-state index is -1.07. The molecule has 1 atom stereocenters. The molecule has 0 saturated carbocycles. The van der Waals surface area contributed by atoms with Gasteiger partial charge in [0.1, 0.15) is 5.69 Å². The Hall–Kier alpha value is -2.11. The van der Waals surface area contributed by atoms with Gasteiger partial charge in [-0.2, -0.15) is 0 Å². The van der Waals surface area contributed by atoms with Crippen LogP contribution in [0.1, 0.15) is 37.2 Å². The highest BCUT2D eigenvalue weighted by atomic mass is 16.4. The van der Waals surface area contributed by atoms with Gasteiger partial charge in [-0.05, 0) is 25.5 Å². The molecule has 0 spiro atoms. The molecule has 0 saturated heterocycles. The summed E-state index contributed by atoms with van der Waals surface area (Å²) in [4.78, 5) is 26.0. The molecule has 0 aliphatic heterocycles. The zero-order valence-electron chi connectivity index (χ0n) is 11.1. The van der Waals surface area contributed by atoms with Crippen LogP contribution in [0.15, 0.2) is 18.3 Å². The first-order valence-electron chi connectivity index (χ1n) is 6.25. The summed E-state index contributed by atoms with van der Waals surface area (Å²) >= 11 is 0. The summed E-state index contributed by atoms with van der Waals surface area (Å²) in [6.45, 7) is 4.41. The highest BCUT2D eigenvalue weighted by Gasteiger charge is 2.06. The van der Waals surface area contributed by atoms with E-state index >= 15 is 0 Å². The van der Waals surface area contributed by atoms with Crippen LogP contribution in [-0.4, -0.2) is 34.6 Å². The van der Waals surface area contributed by atoms with Gasteiger partial charge in [0, 0.05) is 30.9 Å². The van der Waals surface area contributed by atoms with Crippen molar-refractivity contribution in [3.63, 3.8) is 0 Å². The van der Waals surface area contributed by atoms with Crippen molar-refractivity contribution < 1.29 is 14.7 Å². The number of hydrogen-bond acceptors (Lipinski definition) is 4. The van der Waals surface area contributed by atoms with Crippen molar-refractivity contribution in [1.29, 1.82) is 0 Å². The fraction of sp³-hybridized carbons (Fsp3) is 0.462. The van der Waals surface area contributed by atoms with Crippen LogP contribution in [0.5, 0.6) is 0 Å². The molecule has 104 valence electrons. The molecule has 1 unspecified atom stereocenters. The largest absolute Gasteiger partial charge is 0.477 e. The Balaban J connectivity index is 2.39. The number of aromatic nitrogens is 1. The smallest absolute Gasteiger partial charge is 0.354 e. The summed E-state index contributed by atoms with van der Waals surface area (Å²) in [5.74, 6) is -1.09. The minimum absolute atomic E-state index is 0.0191. The normalized spacial score (nSPS) is 11.7. The number of carboxylic acids is 1. The number of carboxylic acid groups (broad SMARTS) is 1.